The number of para-hydroxylation sites is 2. The number of imidazole rings is 1. The van der Waals surface area contributed by atoms with Gasteiger partial charge in [0.15, 0.2) is 0 Å². The second-order valence-electron chi connectivity index (χ2n) is 10.6. The van der Waals surface area contributed by atoms with Crippen LogP contribution in [0.3, 0.4) is 0 Å². The first-order valence-electron chi connectivity index (χ1n) is 13.7. The van der Waals surface area contributed by atoms with E-state index in [-0.39, 0.29) is 29.7 Å². The number of ether oxygens (including phenoxy) is 2. The number of carbonyl (C=O) groups excluding carboxylic acids is 2. The van der Waals surface area contributed by atoms with E-state index in [9.17, 15) is 14.0 Å². The Morgan fingerprint density at radius 2 is 1.84 bits per heavy atom. The van der Waals surface area contributed by atoms with Gasteiger partial charge in [0.2, 0.25) is 5.95 Å². The third kappa shape index (κ3) is 6.92. The van der Waals surface area contributed by atoms with Crippen molar-refractivity contribution in [3.8, 4) is 11.1 Å². The van der Waals surface area contributed by atoms with Crippen LogP contribution in [0, 0.1) is 5.82 Å². The van der Waals surface area contributed by atoms with Crippen molar-refractivity contribution < 1.29 is 23.5 Å². The molecule has 0 spiro atoms. The van der Waals surface area contributed by atoms with Gasteiger partial charge in [-0.05, 0) is 64.1 Å². The molecule has 0 aliphatic carbocycles. The van der Waals surface area contributed by atoms with E-state index in [1.807, 2.05) is 12.1 Å². The van der Waals surface area contributed by atoms with E-state index >= 15 is 0 Å². The summed E-state index contributed by atoms with van der Waals surface area (Å²) in [6.45, 7) is 7.36. The standard InChI is InChI=1S/C31H29ClFN7O4/c1-5-43-28(41)19-12-18(14-34-15-19)21-16-36-29(37-20-10-11-23(33)22(32)13-20)39-27(21)35-17-26-38-24-8-6-7-9-25(24)40(26)30(42)44-31(2,3)4/h6-16H,5,17H2,1-4H3,(H2,35,36,37,39). The number of hydrogen-bond donors (Lipinski definition) is 2. The molecule has 0 radical (unpaired) electrons. The maximum atomic E-state index is 13.7. The Bertz CT molecular complexity index is 1860. The van der Waals surface area contributed by atoms with E-state index in [2.05, 4.69) is 30.6 Å². The number of aromatic nitrogens is 5. The zero-order valence-electron chi connectivity index (χ0n) is 24.4. The summed E-state index contributed by atoms with van der Waals surface area (Å²) < 4.78 is 25.9. The zero-order valence-corrected chi connectivity index (χ0v) is 25.1. The lowest BCUT2D eigenvalue weighted by atomic mass is 10.1. The first-order chi connectivity index (χ1) is 21.0. The van der Waals surface area contributed by atoms with Crippen LogP contribution in [0.4, 0.5) is 26.6 Å². The van der Waals surface area contributed by atoms with E-state index in [1.54, 1.807) is 58.3 Å². The Morgan fingerprint density at radius 3 is 2.59 bits per heavy atom. The number of nitrogens with zero attached hydrogens (tertiary/aromatic N) is 5. The molecule has 0 aliphatic heterocycles. The highest BCUT2D eigenvalue weighted by Gasteiger charge is 2.23. The number of halogens is 2. The van der Waals surface area contributed by atoms with Crippen molar-refractivity contribution in [3.63, 3.8) is 0 Å². The molecule has 0 saturated heterocycles. The SMILES string of the molecule is CCOC(=O)c1cncc(-c2cnc(Nc3ccc(F)c(Cl)c3)nc2NCc2nc3ccccc3n2C(=O)OC(C)(C)C)c1. The molecule has 0 fully saturated rings. The number of pyridine rings is 1. The summed E-state index contributed by atoms with van der Waals surface area (Å²) in [5, 5.41) is 6.21. The highest BCUT2D eigenvalue weighted by atomic mass is 35.5. The highest BCUT2D eigenvalue weighted by Crippen LogP contribution is 2.30. The van der Waals surface area contributed by atoms with E-state index < -0.39 is 23.5 Å². The van der Waals surface area contributed by atoms with Crippen molar-refractivity contribution in [3.05, 3.63) is 89.3 Å². The third-order valence-corrected chi connectivity index (χ3v) is 6.43. The van der Waals surface area contributed by atoms with E-state index in [0.717, 1.165) is 0 Å². The van der Waals surface area contributed by atoms with E-state index in [4.69, 9.17) is 21.1 Å². The molecule has 11 nitrogen and oxygen atoms in total. The monoisotopic (exact) mass is 617 g/mol. The summed E-state index contributed by atoms with van der Waals surface area (Å²) in [4.78, 5) is 43.6. The van der Waals surface area contributed by atoms with Gasteiger partial charge in [-0.15, -0.1) is 0 Å². The van der Waals surface area contributed by atoms with Crippen LogP contribution in [0.2, 0.25) is 5.02 Å². The summed E-state index contributed by atoms with van der Waals surface area (Å²) in [7, 11) is 0. The van der Waals surface area contributed by atoms with E-state index in [0.29, 0.717) is 39.5 Å². The molecule has 0 saturated carbocycles. The van der Waals surface area contributed by atoms with Crippen molar-refractivity contribution in [2.24, 2.45) is 0 Å². The van der Waals surface area contributed by atoms with Gasteiger partial charge in [0, 0.05) is 35.4 Å². The molecule has 0 aliphatic rings. The molecule has 3 heterocycles. The minimum atomic E-state index is -0.728. The van der Waals surface area contributed by atoms with Gasteiger partial charge in [0.25, 0.3) is 0 Å². The fraction of sp³-hybridized carbons (Fsp3) is 0.226. The van der Waals surface area contributed by atoms with Gasteiger partial charge in [-0.25, -0.2) is 28.5 Å². The number of esters is 1. The van der Waals surface area contributed by atoms with Crippen LogP contribution in [0.5, 0.6) is 0 Å². The fourth-order valence-electron chi connectivity index (χ4n) is 4.27. The largest absolute Gasteiger partial charge is 0.462 e. The molecule has 5 rings (SSSR count). The number of fused-ring (bicyclic) bond motifs is 1. The van der Waals surface area contributed by atoms with Crippen LogP contribution in [-0.2, 0) is 16.0 Å². The first kappa shape index (κ1) is 30.4. The maximum Gasteiger partial charge on any atom is 0.420 e. The average molecular weight is 618 g/mol. The zero-order chi connectivity index (χ0) is 31.4. The van der Waals surface area contributed by atoms with Crippen LogP contribution >= 0.6 is 11.6 Å². The van der Waals surface area contributed by atoms with Crippen LogP contribution in [0.25, 0.3) is 22.2 Å². The molecule has 44 heavy (non-hydrogen) atoms. The normalized spacial score (nSPS) is 11.3. The van der Waals surface area contributed by atoms with Gasteiger partial charge in [0.05, 0.1) is 34.8 Å². The molecule has 0 unspecified atom stereocenters. The Kier molecular flexibility index (Phi) is 8.72. The van der Waals surface area contributed by atoms with Crippen LogP contribution < -0.4 is 10.6 Å². The van der Waals surface area contributed by atoms with Gasteiger partial charge < -0.3 is 20.1 Å². The smallest absolute Gasteiger partial charge is 0.420 e. The number of rotatable bonds is 8. The summed E-state index contributed by atoms with van der Waals surface area (Å²) in [6, 6.07) is 13.0. The fourth-order valence-corrected chi connectivity index (χ4v) is 4.45. The maximum absolute atomic E-state index is 13.7. The lowest BCUT2D eigenvalue weighted by Gasteiger charge is -2.20. The first-order valence-corrected chi connectivity index (χ1v) is 14.1. The molecule has 226 valence electrons. The minimum Gasteiger partial charge on any atom is -0.462 e. The summed E-state index contributed by atoms with van der Waals surface area (Å²) in [6.07, 6.45) is 3.95. The topological polar surface area (TPSA) is 133 Å². The predicted octanol–water partition coefficient (Wildman–Crippen LogP) is 7.00. The number of hydrogen-bond acceptors (Lipinski definition) is 10. The summed E-state index contributed by atoms with van der Waals surface area (Å²) >= 11 is 5.95. The Morgan fingerprint density at radius 1 is 1.05 bits per heavy atom. The van der Waals surface area contributed by atoms with Gasteiger partial charge in [-0.2, -0.15) is 4.98 Å². The molecule has 0 bridgehead atoms. The lowest BCUT2D eigenvalue weighted by molar-refractivity contribution is 0.0520. The van der Waals surface area contributed by atoms with Crippen LogP contribution in [0.1, 0.15) is 43.9 Å². The van der Waals surface area contributed by atoms with Crippen molar-refractivity contribution >= 4 is 52.2 Å². The summed E-state index contributed by atoms with van der Waals surface area (Å²) in [5.41, 5.74) is 2.23. The molecule has 3 aromatic heterocycles. The van der Waals surface area contributed by atoms with Gasteiger partial charge >= 0.3 is 12.1 Å². The third-order valence-electron chi connectivity index (χ3n) is 6.15. The quantitative estimate of drug-likeness (QED) is 0.175. The molecule has 2 aromatic carbocycles. The molecule has 2 N–H and O–H groups in total. The molecule has 0 atom stereocenters. The van der Waals surface area contributed by atoms with Gasteiger partial charge in [-0.3, -0.25) is 4.98 Å². The number of benzene rings is 2. The number of nitrogens with one attached hydrogen (secondary N) is 2. The molecular weight excluding hydrogens is 589 g/mol. The van der Waals surface area contributed by atoms with Crippen molar-refractivity contribution in [2.75, 3.05) is 17.2 Å². The molecule has 0 amide bonds. The highest BCUT2D eigenvalue weighted by molar-refractivity contribution is 6.31. The predicted molar refractivity (Wildman–Crippen MR) is 165 cm³/mol. The number of carbonyl (C=O) groups is 2. The summed E-state index contributed by atoms with van der Waals surface area (Å²) in [5.74, 6) is -0.189. The second kappa shape index (κ2) is 12.6. The van der Waals surface area contributed by atoms with Crippen molar-refractivity contribution in [2.45, 2.75) is 39.8 Å². The lowest BCUT2D eigenvalue weighted by Crippen LogP contribution is -2.28. The van der Waals surface area contributed by atoms with Crippen LogP contribution in [-0.4, -0.2) is 48.8 Å². The molecular formula is C31H29ClFN7O4. The minimum absolute atomic E-state index is 0.0603. The second-order valence-corrected chi connectivity index (χ2v) is 11.0. The Labute approximate surface area is 257 Å². The van der Waals surface area contributed by atoms with Gasteiger partial charge in [0.1, 0.15) is 23.1 Å². The van der Waals surface area contributed by atoms with Crippen LogP contribution in [0.15, 0.2) is 67.1 Å². The van der Waals surface area contributed by atoms with Gasteiger partial charge in [-0.1, -0.05) is 23.7 Å². The Balaban J connectivity index is 1.54. The average Bonchev–Trinajstić information content (AvgIpc) is 3.36. The van der Waals surface area contributed by atoms with E-state index in [1.165, 1.54) is 29.0 Å². The van der Waals surface area contributed by atoms with Crippen molar-refractivity contribution in [1.29, 1.82) is 0 Å². The Hall–Kier alpha value is -5.10. The number of anilines is 3. The van der Waals surface area contributed by atoms with Crippen molar-refractivity contribution in [1.82, 2.24) is 24.5 Å². The molecule has 5 aromatic rings. The molecule has 13 heteroatoms.